The number of hydrogen-bond donors (Lipinski definition) is 0. The SMILES string of the molecule is CCN(CC)CCCn1c(SC(C)c2nnc(-c3ccccc3)o2)nc2ccccc2c1=O. The average molecular weight is 464 g/mol. The standard InChI is InChI=1S/C25H29N5O2S/c1-4-29(5-2)16-11-17-30-24(31)20-14-9-10-15-21(20)26-25(30)33-18(3)22-27-28-23(32-22)19-12-7-6-8-13-19/h6-10,12-15,18H,4-5,11,16-17H2,1-3H3. The summed E-state index contributed by atoms with van der Waals surface area (Å²) in [6, 6.07) is 17.2. The van der Waals surface area contributed by atoms with Crippen molar-refractivity contribution in [2.45, 2.75) is 44.1 Å². The molecule has 0 radical (unpaired) electrons. The monoisotopic (exact) mass is 463 g/mol. The van der Waals surface area contributed by atoms with Gasteiger partial charge in [-0.15, -0.1) is 10.2 Å². The number of fused-ring (bicyclic) bond motifs is 1. The van der Waals surface area contributed by atoms with Gasteiger partial charge in [0, 0.05) is 12.1 Å². The number of thioether (sulfide) groups is 1. The summed E-state index contributed by atoms with van der Waals surface area (Å²) < 4.78 is 7.73. The fourth-order valence-corrected chi connectivity index (χ4v) is 4.70. The van der Waals surface area contributed by atoms with Crippen LogP contribution in [0.3, 0.4) is 0 Å². The van der Waals surface area contributed by atoms with Crippen molar-refractivity contribution in [3.63, 3.8) is 0 Å². The first-order valence-electron chi connectivity index (χ1n) is 11.4. The normalized spacial score (nSPS) is 12.5. The molecule has 172 valence electrons. The Labute approximate surface area is 197 Å². The van der Waals surface area contributed by atoms with Crippen LogP contribution in [0.1, 0.15) is 38.3 Å². The Morgan fingerprint density at radius 3 is 2.52 bits per heavy atom. The fraction of sp³-hybridized carbons (Fsp3) is 0.360. The molecule has 1 unspecified atom stereocenters. The van der Waals surface area contributed by atoms with Crippen LogP contribution in [0.25, 0.3) is 22.4 Å². The summed E-state index contributed by atoms with van der Waals surface area (Å²) in [5.74, 6) is 0.997. The smallest absolute Gasteiger partial charge is 0.262 e. The van der Waals surface area contributed by atoms with E-state index in [1.165, 1.54) is 11.8 Å². The van der Waals surface area contributed by atoms with Crippen molar-refractivity contribution < 1.29 is 4.42 Å². The molecule has 0 bridgehead atoms. The summed E-state index contributed by atoms with van der Waals surface area (Å²) in [5, 5.41) is 9.61. The van der Waals surface area contributed by atoms with Gasteiger partial charge in [-0.2, -0.15) is 0 Å². The van der Waals surface area contributed by atoms with Gasteiger partial charge in [-0.1, -0.05) is 55.9 Å². The lowest BCUT2D eigenvalue weighted by Crippen LogP contribution is -2.28. The minimum atomic E-state index is -0.156. The van der Waals surface area contributed by atoms with Crippen LogP contribution < -0.4 is 5.56 Å². The van der Waals surface area contributed by atoms with Crippen molar-refractivity contribution in [2.75, 3.05) is 19.6 Å². The van der Waals surface area contributed by atoms with Crippen LogP contribution in [-0.4, -0.2) is 44.3 Å². The maximum atomic E-state index is 13.3. The predicted octanol–water partition coefficient (Wildman–Crippen LogP) is 5.03. The number of hydrogen-bond acceptors (Lipinski definition) is 7. The van der Waals surface area contributed by atoms with Crippen molar-refractivity contribution in [3.05, 3.63) is 70.8 Å². The largest absolute Gasteiger partial charge is 0.419 e. The molecule has 0 saturated heterocycles. The summed E-state index contributed by atoms with van der Waals surface area (Å²) in [6.07, 6.45) is 0.877. The van der Waals surface area contributed by atoms with E-state index >= 15 is 0 Å². The molecule has 2 aromatic carbocycles. The Bertz CT molecular complexity index is 1250. The van der Waals surface area contributed by atoms with Crippen LogP contribution in [0, 0.1) is 0 Å². The van der Waals surface area contributed by atoms with Crippen molar-refractivity contribution in [1.82, 2.24) is 24.6 Å². The number of benzene rings is 2. The third kappa shape index (κ3) is 5.34. The van der Waals surface area contributed by atoms with E-state index in [-0.39, 0.29) is 10.8 Å². The molecule has 0 spiro atoms. The second-order valence-electron chi connectivity index (χ2n) is 7.82. The Hall–Kier alpha value is -2.97. The van der Waals surface area contributed by atoms with Crippen LogP contribution in [-0.2, 0) is 6.54 Å². The zero-order chi connectivity index (χ0) is 23.2. The highest BCUT2D eigenvalue weighted by Gasteiger charge is 2.20. The highest BCUT2D eigenvalue weighted by molar-refractivity contribution is 7.99. The molecule has 2 aromatic heterocycles. The molecule has 4 rings (SSSR count). The molecule has 0 aliphatic heterocycles. The molecule has 0 aliphatic rings. The summed E-state index contributed by atoms with van der Waals surface area (Å²) in [6.45, 7) is 9.86. The zero-order valence-corrected chi connectivity index (χ0v) is 20.1. The fourth-order valence-electron chi connectivity index (χ4n) is 3.73. The molecule has 0 amide bonds. The van der Waals surface area contributed by atoms with Crippen LogP contribution in [0.5, 0.6) is 0 Å². The van der Waals surface area contributed by atoms with Crippen LogP contribution in [0.15, 0.2) is 69.0 Å². The van der Waals surface area contributed by atoms with Gasteiger partial charge in [-0.3, -0.25) is 9.36 Å². The third-order valence-corrected chi connectivity index (χ3v) is 6.75. The van der Waals surface area contributed by atoms with Gasteiger partial charge in [0.15, 0.2) is 5.16 Å². The van der Waals surface area contributed by atoms with Gasteiger partial charge in [-0.05, 0) is 57.2 Å². The van der Waals surface area contributed by atoms with E-state index < -0.39 is 0 Å². The first-order valence-corrected chi connectivity index (χ1v) is 12.3. The van der Waals surface area contributed by atoms with Gasteiger partial charge in [0.25, 0.3) is 5.56 Å². The van der Waals surface area contributed by atoms with Gasteiger partial charge in [0.2, 0.25) is 11.8 Å². The van der Waals surface area contributed by atoms with Crippen LogP contribution in [0.4, 0.5) is 0 Å². The topological polar surface area (TPSA) is 77.1 Å². The third-order valence-electron chi connectivity index (χ3n) is 5.67. The molecule has 0 saturated carbocycles. The van der Waals surface area contributed by atoms with Crippen molar-refractivity contribution >= 4 is 22.7 Å². The van der Waals surface area contributed by atoms with Crippen molar-refractivity contribution in [1.29, 1.82) is 0 Å². The molecular weight excluding hydrogens is 434 g/mol. The molecule has 0 fully saturated rings. The van der Waals surface area contributed by atoms with Crippen molar-refractivity contribution in [3.8, 4) is 11.5 Å². The maximum Gasteiger partial charge on any atom is 0.262 e. The van der Waals surface area contributed by atoms with Crippen LogP contribution in [0.2, 0.25) is 0 Å². The Morgan fingerprint density at radius 2 is 1.76 bits per heavy atom. The first kappa shape index (κ1) is 23.2. The molecule has 2 heterocycles. The lowest BCUT2D eigenvalue weighted by molar-refractivity contribution is 0.290. The van der Waals surface area contributed by atoms with Gasteiger partial charge >= 0.3 is 0 Å². The maximum absolute atomic E-state index is 13.3. The molecule has 1 atom stereocenters. The Morgan fingerprint density at radius 1 is 1.03 bits per heavy atom. The lowest BCUT2D eigenvalue weighted by atomic mass is 10.2. The van der Waals surface area contributed by atoms with E-state index in [1.54, 1.807) is 4.57 Å². The second kappa shape index (κ2) is 10.8. The molecule has 0 aliphatic carbocycles. The number of rotatable bonds is 10. The average Bonchev–Trinajstić information content (AvgIpc) is 3.35. The molecule has 8 heteroatoms. The number of nitrogens with zero attached hydrogens (tertiary/aromatic N) is 5. The predicted molar refractivity (Wildman–Crippen MR) is 132 cm³/mol. The summed E-state index contributed by atoms with van der Waals surface area (Å²) in [5.41, 5.74) is 1.57. The van der Waals surface area contributed by atoms with Gasteiger partial charge < -0.3 is 9.32 Å². The van der Waals surface area contributed by atoms with E-state index in [2.05, 4.69) is 28.9 Å². The Balaban J connectivity index is 1.60. The molecule has 4 aromatic rings. The van der Waals surface area contributed by atoms with Crippen molar-refractivity contribution in [2.24, 2.45) is 0 Å². The number of para-hydroxylation sites is 1. The first-order chi connectivity index (χ1) is 16.1. The van der Waals surface area contributed by atoms with E-state index in [0.29, 0.717) is 34.4 Å². The lowest BCUT2D eigenvalue weighted by Gasteiger charge is -2.19. The zero-order valence-electron chi connectivity index (χ0n) is 19.3. The highest BCUT2D eigenvalue weighted by atomic mass is 32.2. The summed E-state index contributed by atoms with van der Waals surface area (Å²) in [7, 11) is 0. The molecule has 0 N–H and O–H groups in total. The minimum absolute atomic E-state index is 0.00893. The molecule has 7 nitrogen and oxygen atoms in total. The minimum Gasteiger partial charge on any atom is -0.419 e. The van der Waals surface area contributed by atoms with E-state index in [4.69, 9.17) is 9.40 Å². The summed E-state index contributed by atoms with van der Waals surface area (Å²) >= 11 is 1.47. The van der Waals surface area contributed by atoms with Gasteiger partial charge in [0.05, 0.1) is 16.2 Å². The van der Waals surface area contributed by atoms with Gasteiger partial charge in [0.1, 0.15) is 0 Å². The quantitative estimate of drug-likeness (QED) is 0.241. The van der Waals surface area contributed by atoms with E-state index in [1.807, 2.05) is 61.5 Å². The molecule has 33 heavy (non-hydrogen) atoms. The van der Waals surface area contributed by atoms with Gasteiger partial charge in [-0.25, -0.2) is 4.98 Å². The number of aromatic nitrogens is 4. The highest BCUT2D eigenvalue weighted by Crippen LogP contribution is 2.34. The van der Waals surface area contributed by atoms with Crippen LogP contribution >= 0.6 is 11.8 Å². The van der Waals surface area contributed by atoms with E-state index in [0.717, 1.165) is 31.6 Å². The van der Waals surface area contributed by atoms with E-state index in [9.17, 15) is 4.79 Å². The molecular formula is C25H29N5O2S. The Kier molecular flexibility index (Phi) is 7.57. The second-order valence-corrected chi connectivity index (χ2v) is 9.13. The summed E-state index contributed by atoms with van der Waals surface area (Å²) in [4.78, 5) is 20.5.